The number of carbonyl (C=O) groups excluding carboxylic acids is 2. The molecular formula is C23H22N2O3. The van der Waals surface area contributed by atoms with E-state index in [1.807, 2.05) is 43.3 Å². The van der Waals surface area contributed by atoms with Gasteiger partial charge in [-0.3, -0.25) is 9.78 Å². The molecule has 3 rings (SSSR count). The van der Waals surface area contributed by atoms with Crippen molar-refractivity contribution in [2.45, 2.75) is 20.4 Å². The number of benzene rings is 2. The molecule has 0 saturated carbocycles. The Hall–Kier alpha value is -3.47. The van der Waals surface area contributed by atoms with Crippen LogP contribution in [0.15, 0.2) is 73.1 Å². The summed E-state index contributed by atoms with van der Waals surface area (Å²) in [4.78, 5) is 31.0. The van der Waals surface area contributed by atoms with Gasteiger partial charge < -0.3 is 9.64 Å². The average molecular weight is 374 g/mol. The van der Waals surface area contributed by atoms with Crippen molar-refractivity contribution in [3.8, 4) is 0 Å². The van der Waals surface area contributed by atoms with E-state index < -0.39 is 0 Å². The van der Waals surface area contributed by atoms with Crippen molar-refractivity contribution < 1.29 is 14.3 Å². The van der Waals surface area contributed by atoms with Crippen LogP contribution in [0.3, 0.4) is 0 Å². The second kappa shape index (κ2) is 8.95. The van der Waals surface area contributed by atoms with Crippen LogP contribution in [-0.4, -0.2) is 23.5 Å². The largest absolute Gasteiger partial charge is 0.462 e. The zero-order valence-corrected chi connectivity index (χ0v) is 16.0. The summed E-state index contributed by atoms with van der Waals surface area (Å²) in [7, 11) is 0. The van der Waals surface area contributed by atoms with Crippen LogP contribution >= 0.6 is 0 Å². The molecule has 1 aromatic heterocycles. The molecule has 0 aliphatic heterocycles. The number of rotatable bonds is 6. The number of anilines is 1. The summed E-state index contributed by atoms with van der Waals surface area (Å²) in [6.45, 7) is 4.38. The maximum Gasteiger partial charge on any atom is 0.338 e. The summed E-state index contributed by atoms with van der Waals surface area (Å²) >= 11 is 0. The molecular weight excluding hydrogens is 352 g/mol. The van der Waals surface area contributed by atoms with Gasteiger partial charge in [0.05, 0.1) is 18.7 Å². The van der Waals surface area contributed by atoms with Crippen molar-refractivity contribution in [1.82, 2.24) is 4.98 Å². The Bertz CT molecular complexity index is 953. The van der Waals surface area contributed by atoms with Crippen molar-refractivity contribution in [3.63, 3.8) is 0 Å². The Labute approximate surface area is 164 Å². The smallest absolute Gasteiger partial charge is 0.338 e. The zero-order valence-electron chi connectivity index (χ0n) is 16.0. The summed E-state index contributed by atoms with van der Waals surface area (Å²) < 4.78 is 5.03. The first-order valence-electron chi connectivity index (χ1n) is 9.13. The van der Waals surface area contributed by atoms with Crippen LogP contribution in [0.1, 0.15) is 38.8 Å². The average Bonchev–Trinajstić information content (AvgIpc) is 2.73. The molecule has 1 heterocycles. The van der Waals surface area contributed by atoms with Gasteiger partial charge in [-0.15, -0.1) is 0 Å². The van der Waals surface area contributed by atoms with Crippen molar-refractivity contribution in [2.75, 3.05) is 11.5 Å². The molecule has 0 aliphatic rings. The van der Waals surface area contributed by atoms with Gasteiger partial charge in [0.2, 0.25) is 0 Å². The Morgan fingerprint density at radius 3 is 2.39 bits per heavy atom. The predicted octanol–water partition coefficient (Wildman–Crippen LogP) is 4.41. The Morgan fingerprint density at radius 2 is 1.75 bits per heavy atom. The van der Waals surface area contributed by atoms with E-state index in [0.29, 0.717) is 30.0 Å². The van der Waals surface area contributed by atoms with Crippen molar-refractivity contribution in [3.05, 3.63) is 95.3 Å². The van der Waals surface area contributed by atoms with Crippen LogP contribution in [0.4, 0.5) is 5.69 Å². The van der Waals surface area contributed by atoms with Crippen LogP contribution in [0.25, 0.3) is 0 Å². The molecule has 3 aromatic rings. The van der Waals surface area contributed by atoms with Crippen LogP contribution < -0.4 is 4.90 Å². The summed E-state index contributed by atoms with van der Waals surface area (Å²) in [6, 6.07) is 18.1. The molecule has 28 heavy (non-hydrogen) atoms. The molecule has 2 aromatic carbocycles. The summed E-state index contributed by atoms with van der Waals surface area (Å²) in [5.74, 6) is -0.482. The van der Waals surface area contributed by atoms with Crippen LogP contribution in [0, 0.1) is 6.92 Å². The maximum absolute atomic E-state index is 13.3. The number of carbonyl (C=O) groups is 2. The van der Waals surface area contributed by atoms with Gasteiger partial charge in [-0.1, -0.05) is 24.3 Å². The van der Waals surface area contributed by atoms with E-state index in [9.17, 15) is 9.59 Å². The number of aryl methyl sites for hydroxylation is 1. The van der Waals surface area contributed by atoms with E-state index in [1.165, 1.54) is 0 Å². The molecule has 0 atom stereocenters. The lowest BCUT2D eigenvalue weighted by atomic mass is 10.1. The second-order valence-corrected chi connectivity index (χ2v) is 6.33. The van der Waals surface area contributed by atoms with Crippen molar-refractivity contribution in [2.24, 2.45) is 0 Å². The van der Waals surface area contributed by atoms with E-state index >= 15 is 0 Å². The number of pyridine rings is 1. The lowest BCUT2D eigenvalue weighted by Crippen LogP contribution is -2.31. The molecule has 5 heteroatoms. The first-order valence-corrected chi connectivity index (χ1v) is 9.13. The third kappa shape index (κ3) is 4.43. The minimum absolute atomic E-state index is 0.106. The zero-order chi connectivity index (χ0) is 19.9. The van der Waals surface area contributed by atoms with Crippen molar-refractivity contribution >= 4 is 17.6 Å². The Morgan fingerprint density at radius 1 is 1.00 bits per heavy atom. The molecule has 0 saturated heterocycles. The van der Waals surface area contributed by atoms with Gasteiger partial charge in [-0.05, 0) is 61.4 Å². The molecule has 0 aliphatic carbocycles. The first-order chi connectivity index (χ1) is 13.6. The number of aromatic nitrogens is 1. The lowest BCUT2D eigenvalue weighted by Gasteiger charge is -2.24. The van der Waals surface area contributed by atoms with Gasteiger partial charge >= 0.3 is 5.97 Å². The Balaban J connectivity index is 1.95. The highest BCUT2D eigenvalue weighted by Crippen LogP contribution is 2.22. The van der Waals surface area contributed by atoms with Gasteiger partial charge in [0.25, 0.3) is 5.91 Å². The standard InChI is InChI=1S/C23H22N2O3/c1-3-28-23(27)19-10-12-20(13-11-19)25(16-18-8-6-14-24-15-18)22(26)21-9-5-4-7-17(21)2/h4-15H,3,16H2,1-2H3. The van der Waals surface area contributed by atoms with Gasteiger partial charge in [-0.2, -0.15) is 0 Å². The van der Waals surface area contributed by atoms with E-state index in [0.717, 1.165) is 11.1 Å². The van der Waals surface area contributed by atoms with Gasteiger partial charge in [0.1, 0.15) is 0 Å². The summed E-state index contributed by atoms with van der Waals surface area (Å²) in [6.07, 6.45) is 3.44. The molecule has 0 unspecified atom stereocenters. The van der Waals surface area contributed by atoms with E-state index in [-0.39, 0.29) is 11.9 Å². The summed E-state index contributed by atoms with van der Waals surface area (Å²) in [5.41, 5.74) is 3.62. The number of hydrogen-bond acceptors (Lipinski definition) is 4. The van der Waals surface area contributed by atoms with Crippen LogP contribution in [0.5, 0.6) is 0 Å². The number of hydrogen-bond donors (Lipinski definition) is 0. The monoisotopic (exact) mass is 374 g/mol. The van der Waals surface area contributed by atoms with Gasteiger partial charge in [0, 0.05) is 23.6 Å². The van der Waals surface area contributed by atoms with E-state index in [2.05, 4.69) is 4.98 Å². The fraction of sp³-hybridized carbons (Fsp3) is 0.174. The highest BCUT2D eigenvalue weighted by Gasteiger charge is 2.20. The fourth-order valence-electron chi connectivity index (χ4n) is 2.90. The van der Waals surface area contributed by atoms with Crippen LogP contribution in [-0.2, 0) is 11.3 Å². The number of nitrogens with zero attached hydrogens (tertiary/aromatic N) is 2. The van der Waals surface area contributed by atoms with Crippen molar-refractivity contribution in [1.29, 1.82) is 0 Å². The molecule has 142 valence electrons. The molecule has 0 bridgehead atoms. The first kappa shape index (κ1) is 19.3. The fourth-order valence-corrected chi connectivity index (χ4v) is 2.90. The SMILES string of the molecule is CCOC(=O)c1ccc(N(Cc2cccnc2)C(=O)c2ccccc2C)cc1. The molecule has 5 nitrogen and oxygen atoms in total. The highest BCUT2D eigenvalue weighted by molar-refractivity contribution is 6.07. The number of ether oxygens (including phenoxy) is 1. The van der Waals surface area contributed by atoms with Gasteiger partial charge in [0.15, 0.2) is 0 Å². The Kier molecular flexibility index (Phi) is 6.17. The molecule has 0 fully saturated rings. The number of esters is 1. The molecule has 0 N–H and O–H groups in total. The number of amides is 1. The highest BCUT2D eigenvalue weighted by atomic mass is 16.5. The normalized spacial score (nSPS) is 10.4. The van der Waals surface area contributed by atoms with Crippen LogP contribution in [0.2, 0.25) is 0 Å². The van der Waals surface area contributed by atoms with Gasteiger partial charge in [-0.25, -0.2) is 4.79 Å². The second-order valence-electron chi connectivity index (χ2n) is 6.33. The minimum atomic E-state index is -0.377. The topological polar surface area (TPSA) is 59.5 Å². The molecule has 0 radical (unpaired) electrons. The third-order valence-electron chi connectivity index (χ3n) is 4.37. The summed E-state index contributed by atoms with van der Waals surface area (Å²) in [5, 5.41) is 0. The predicted molar refractivity (Wildman–Crippen MR) is 108 cm³/mol. The quantitative estimate of drug-likeness (QED) is 0.600. The van der Waals surface area contributed by atoms with E-state index in [1.54, 1.807) is 48.5 Å². The molecule has 0 spiro atoms. The maximum atomic E-state index is 13.3. The minimum Gasteiger partial charge on any atom is -0.462 e. The molecule has 1 amide bonds. The van der Waals surface area contributed by atoms with E-state index in [4.69, 9.17) is 4.74 Å². The third-order valence-corrected chi connectivity index (χ3v) is 4.37. The lowest BCUT2D eigenvalue weighted by molar-refractivity contribution is 0.0526.